The monoisotopic (exact) mass is 264 g/mol. The van der Waals surface area contributed by atoms with E-state index >= 15 is 0 Å². The molecule has 0 saturated carbocycles. The van der Waals surface area contributed by atoms with E-state index in [1.54, 1.807) is 14.0 Å². The molecule has 1 fully saturated rings. The SMILES string of the molecule is CCS(=O)(=O)CCN1CCC(OC)CC1CN. The summed E-state index contributed by atoms with van der Waals surface area (Å²) in [7, 11) is -1.17. The zero-order valence-electron chi connectivity index (χ0n) is 10.8. The first-order valence-corrected chi connectivity index (χ1v) is 8.02. The van der Waals surface area contributed by atoms with Crippen LogP contribution in [-0.4, -0.2) is 63.7 Å². The third-order valence-electron chi connectivity index (χ3n) is 3.52. The summed E-state index contributed by atoms with van der Waals surface area (Å²) < 4.78 is 28.3. The molecule has 0 radical (unpaired) electrons. The molecule has 2 atom stereocenters. The molecule has 1 heterocycles. The second kappa shape index (κ2) is 6.68. The van der Waals surface area contributed by atoms with Crippen molar-refractivity contribution >= 4 is 9.84 Å². The van der Waals surface area contributed by atoms with Crippen LogP contribution in [0.25, 0.3) is 0 Å². The van der Waals surface area contributed by atoms with Gasteiger partial charge in [-0.2, -0.15) is 0 Å². The molecule has 1 aliphatic rings. The van der Waals surface area contributed by atoms with Crippen LogP contribution in [0.3, 0.4) is 0 Å². The molecule has 0 spiro atoms. The lowest BCUT2D eigenvalue weighted by Crippen LogP contribution is -2.49. The van der Waals surface area contributed by atoms with Crippen molar-refractivity contribution in [2.75, 3.05) is 38.2 Å². The van der Waals surface area contributed by atoms with Gasteiger partial charge in [0, 0.05) is 38.5 Å². The zero-order chi connectivity index (χ0) is 12.9. The average Bonchev–Trinajstić information content (AvgIpc) is 2.36. The lowest BCUT2D eigenvalue weighted by atomic mass is 9.99. The van der Waals surface area contributed by atoms with Crippen LogP contribution in [0.1, 0.15) is 19.8 Å². The standard InChI is InChI=1S/C11H24N2O3S/c1-3-17(14,15)7-6-13-5-4-11(16-2)8-10(13)9-12/h10-11H,3-9,12H2,1-2H3. The Kier molecular flexibility index (Phi) is 5.85. The highest BCUT2D eigenvalue weighted by Gasteiger charge is 2.27. The van der Waals surface area contributed by atoms with Crippen LogP contribution in [-0.2, 0) is 14.6 Å². The van der Waals surface area contributed by atoms with E-state index in [-0.39, 0.29) is 23.7 Å². The number of sulfone groups is 1. The number of nitrogens with two attached hydrogens (primary N) is 1. The first kappa shape index (κ1) is 14.9. The lowest BCUT2D eigenvalue weighted by Gasteiger charge is -2.38. The fourth-order valence-electron chi connectivity index (χ4n) is 2.22. The van der Waals surface area contributed by atoms with Crippen LogP contribution in [0.2, 0.25) is 0 Å². The molecular weight excluding hydrogens is 240 g/mol. The third kappa shape index (κ3) is 4.54. The van der Waals surface area contributed by atoms with Crippen molar-refractivity contribution in [3.8, 4) is 0 Å². The van der Waals surface area contributed by atoms with E-state index in [1.807, 2.05) is 0 Å². The highest BCUT2D eigenvalue weighted by molar-refractivity contribution is 7.91. The van der Waals surface area contributed by atoms with Crippen molar-refractivity contribution in [1.29, 1.82) is 0 Å². The van der Waals surface area contributed by atoms with Gasteiger partial charge in [-0.25, -0.2) is 8.42 Å². The van der Waals surface area contributed by atoms with Gasteiger partial charge in [-0.1, -0.05) is 6.92 Å². The predicted octanol–water partition coefficient (Wildman–Crippen LogP) is -0.141. The van der Waals surface area contributed by atoms with Crippen molar-refractivity contribution in [2.45, 2.75) is 31.9 Å². The minimum atomic E-state index is -2.88. The summed E-state index contributed by atoms with van der Waals surface area (Å²) in [5.41, 5.74) is 5.74. The number of rotatable bonds is 6. The maximum Gasteiger partial charge on any atom is 0.151 e. The average molecular weight is 264 g/mol. The summed E-state index contributed by atoms with van der Waals surface area (Å²) >= 11 is 0. The topological polar surface area (TPSA) is 72.6 Å². The molecule has 17 heavy (non-hydrogen) atoms. The highest BCUT2D eigenvalue weighted by atomic mass is 32.2. The Bertz CT molecular complexity index is 319. The van der Waals surface area contributed by atoms with Crippen molar-refractivity contribution in [3.63, 3.8) is 0 Å². The minimum Gasteiger partial charge on any atom is -0.381 e. The third-order valence-corrected chi connectivity index (χ3v) is 5.21. The number of hydrogen-bond donors (Lipinski definition) is 1. The Morgan fingerprint density at radius 2 is 2.18 bits per heavy atom. The Hall–Kier alpha value is -0.170. The lowest BCUT2D eigenvalue weighted by molar-refractivity contribution is 0.0157. The molecule has 1 rings (SSSR count). The van der Waals surface area contributed by atoms with E-state index in [1.165, 1.54) is 0 Å². The number of hydrogen-bond acceptors (Lipinski definition) is 5. The van der Waals surface area contributed by atoms with Gasteiger partial charge in [-0.15, -0.1) is 0 Å². The summed E-state index contributed by atoms with van der Waals surface area (Å²) in [5.74, 6) is 0.451. The van der Waals surface area contributed by atoms with Crippen LogP contribution < -0.4 is 5.73 Å². The number of likely N-dealkylation sites (tertiary alicyclic amines) is 1. The minimum absolute atomic E-state index is 0.217. The van der Waals surface area contributed by atoms with Gasteiger partial charge in [0.1, 0.15) is 0 Å². The Morgan fingerprint density at radius 1 is 1.47 bits per heavy atom. The summed E-state index contributed by atoms with van der Waals surface area (Å²) in [6.07, 6.45) is 2.13. The summed E-state index contributed by atoms with van der Waals surface area (Å²) in [4.78, 5) is 2.18. The van der Waals surface area contributed by atoms with E-state index in [9.17, 15) is 8.42 Å². The molecule has 5 nitrogen and oxygen atoms in total. The molecule has 1 saturated heterocycles. The Morgan fingerprint density at radius 3 is 2.71 bits per heavy atom. The molecule has 0 bridgehead atoms. The molecule has 0 aromatic rings. The predicted molar refractivity (Wildman–Crippen MR) is 68.8 cm³/mol. The normalized spacial score (nSPS) is 27.2. The largest absolute Gasteiger partial charge is 0.381 e. The maximum atomic E-state index is 11.5. The van der Waals surface area contributed by atoms with Crippen LogP contribution in [0.5, 0.6) is 0 Å². The molecule has 0 aliphatic carbocycles. The fourth-order valence-corrected chi connectivity index (χ4v) is 3.02. The quantitative estimate of drug-likeness (QED) is 0.723. The molecule has 102 valence electrons. The number of methoxy groups -OCH3 is 1. The van der Waals surface area contributed by atoms with E-state index in [0.717, 1.165) is 19.4 Å². The first-order chi connectivity index (χ1) is 8.02. The van der Waals surface area contributed by atoms with Gasteiger partial charge in [0.15, 0.2) is 9.84 Å². The zero-order valence-corrected chi connectivity index (χ0v) is 11.6. The molecule has 0 aromatic heterocycles. The Labute approximate surface area is 104 Å². The number of nitrogens with zero attached hydrogens (tertiary/aromatic N) is 1. The molecule has 0 amide bonds. The van der Waals surface area contributed by atoms with Gasteiger partial charge in [0.2, 0.25) is 0 Å². The van der Waals surface area contributed by atoms with Crippen molar-refractivity contribution in [1.82, 2.24) is 4.90 Å². The fraction of sp³-hybridized carbons (Fsp3) is 1.00. The molecule has 6 heteroatoms. The molecular formula is C11H24N2O3S. The van der Waals surface area contributed by atoms with Gasteiger partial charge in [-0.05, 0) is 12.8 Å². The van der Waals surface area contributed by atoms with E-state index in [4.69, 9.17) is 10.5 Å². The van der Waals surface area contributed by atoms with E-state index in [0.29, 0.717) is 13.1 Å². The van der Waals surface area contributed by atoms with Gasteiger partial charge in [-0.3, -0.25) is 4.90 Å². The van der Waals surface area contributed by atoms with Crippen molar-refractivity contribution in [3.05, 3.63) is 0 Å². The second-order valence-corrected chi connectivity index (χ2v) is 7.02. The smallest absolute Gasteiger partial charge is 0.151 e. The van der Waals surface area contributed by atoms with Gasteiger partial charge in [0.25, 0.3) is 0 Å². The Balaban J connectivity index is 2.48. The van der Waals surface area contributed by atoms with Crippen LogP contribution in [0, 0.1) is 0 Å². The van der Waals surface area contributed by atoms with Crippen molar-refractivity contribution in [2.24, 2.45) is 5.73 Å². The van der Waals surface area contributed by atoms with Crippen LogP contribution in [0.4, 0.5) is 0 Å². The highest BCUT2D eigenvalue weighted by Crippen LogP contribution is 2.18. The molecule has 2 unspecified atom stereocenters. The van der Waals surface area contributed by atoms with Gasteiger partial charge >= 0.3 is 0 Å². The number of ether oxygens (including phenoxy) is 1. The first-order valence-electron chi connectivity index (χ1n) is 6.19. The van der Waals surface area contributed by atoms with Crippen LogP contribution >= 0.6 is 0 Å². The number of piperidine rings is 1. The molecule has 0 aromatic carbocycles. The summed E-state index contributed by atoms with van der Waals surface area (Å²) in [5, 5.41) is 0. The summed E-state index contributed by atoms with van der Waals surface area (Å²) in [6.45, 7) is 3.72. The molecule has 1 aliphatic heterocycles. The van der Waals surface area contributed by atoms with E-state index < -0.39 is 9.84 Å². The van der Waals surface area contributed by atoms with Gasteiger partial charge < -0.3 is 10.5 Å². The molecule has 2 N–H and O–H groups in total. The maximum absolute atomic E-state index is 11.5. The van der Waals surface area contributed by atoms with Gasteiger partial charge in [0.05, 0.1) is 11.9 Å². The van der Waals surface area contributed by atoms with Crippen LogP contribution in [0.15, 0.2) is 0 Å². The summed E-state index contributed by atoms with van der Waals surface area (Å²) in [6, 6.07) is 0.251. The van der Waals surface area contributed by atoms with E-state index in [2.05, 4.69) is 4.90 Å². The second-order valence-electron chi connectivity index (χ2n) is 4.54. The van der Waals surface area contributed by atoms with Crippen molar-refractivity contribution < 1.29 is 13.2 Å².